The zero-order valence-corrected chi connectivity index (χ0v) is 14.9. The number of amides is 1. The molecule has 0 heterocycles. The van der Waals surface area contributed by atoms with Crippen LogP contribution in [0.15, 0.2) is 23.1 Å². The Morgan fingerprint density at radius 1 is 1.26 bits per heavy atom. The second-order valence-corrected chi connectivity index (χ2v) is 8.13. The fourth-order valence-electron chi connectivity index (χ4n) is 1.76. The van der Waals surface area contributed by atoms with E-state index in [9.17, 15) is 18.0 Å². The van der Waals surface area contributed by atoms with Gasteiger partial charge in [0.25, 0.3) is 5.91 Å². The summed E-state index contributed by atoms with van der Waals surface area (Å²) in [5.41, 5.74) is 0.336. The van der Waals surface area contributed by atoms with Gasteiger partial charge in [-0.05, 0) is 44.9 Å². The van der Waals surface area contributed by atoms with Crippen LogP contribution in [0.5, 0.6) is 0 Å². The highest BCUT2D eigenvalue weighted by Gasteiger charge is 2.20. The Balaban J connectivity index is 2.81. The number of benzene rings is 1. The van der Waals surface area contributed by atoms with Crippen LogP contribution < -0.4 is 5.32 Å². The van der Waals surface area contributed by atoms with E-state index >= 15 is 0 Å². The quantitative estimate of drug-likeness (QED) is 0.798. The summed E-state index contributed by atoms with van der Waals surface area (Å²) in [5.74, 6) is -1.13. The summed E-state index contributed by atoms with van der Waals surface area (Å²) in [6, 6.07) is 4.23. The van der Waals surface area contributed by atoms with Crippen molar-refractivity contribution >= 4 is 21.7 Å². The smallest absolute Gasteiger partial charge is 0.338 e. The fourth-order valence-corrected chi connectivity index (χ4v) is 2.41. The molecule has 1 aromatic carbocycles. The highest BCUT2D eigenvalue weighted by molar-refractivity contribution is 7.90. The van der Waals surface area contributed by atoms with Gasteiger partial charge < -0.3 is 10.1 Å². The standard InChI is InChI=1S/C16H23NO5S/c1-6-16(3,4)17-14(18)10-22-15(19)13-9-12(23(5,20)21)8-7-11(13)2/h7-9H,6,10H2,1-5H3,(H,17,18). The molecule has 6 nitrogen and oxygen atoms in total. The highest BCUT2D eigenvalue weighted by atomic mass is 32.2. The van der Waals surface area contributed by atoms with Gasteiger partial charge in [0, 0.05) is 11.8 Å². The van der Waals surface area contributed by atoms with Gasteiger partial charge in [0.15, 0.2) is 16.4 Å². The van der Waals surface area contributed by atoms with Crippen molar-refractivity contribution in [2.45, 2.75) is 44.6 Å². The molecule has 1 rings (SSSR count). The number of hydrogen-bond acceptors (Lipinski definition) is 5. The van der Waals surface area contributed by atoms with Crippen LogP contribution in [0.3, 0.4) is 0 Å². The Morgan fingerprint density at radius 3 is 2.39 bits per heavy atom. The first kappa shape index (κ1) is 19.2. The molecule has 0 unspecified atom stereocenters. The van der Waals surface area contributed by atoms with Crippen molar-refractivity contribution in [1.82, 2.24) is 5.32 Å². The number of sulfone groups is 1. The molecular formula is C16H23NO5S. The summed E-state index contributed by atoms with van der Waals surface area (Å²) < 4.78 is 28.1. The van der Waals surface area contributed by atoms with Crippen LogP contribution in [0.4, 0.5) is 0 Å². The third-order valence-electron chi connectivity index (χ3n) is 3.55. The van der Waals surface area contributed by atoms with Crippen molar-refractivity contribution in [3.63, 3.8) is 0 Å². The average Bonchev–Trinajstić information content (AvgIpc) is 2.43. The fraction of sp³-hybridized carbons (Fsp3) is 0.500. The third kappa shape index (κ3) is 5.67. The second kappa shape index (κ2) is 7.12. The van der Waals surface area contributed by atoms with E-state index in [2.05, 4.69) is 5.32 Å². The SMILES string of the molecule is CCC(C)(C)NC(=O)COC(=O)c1cc(S(C)(=O)=O)ccc1C. The lowest BCUT2D eigenvalue weighted by Gasteiger charge is -2.24. The van der Waals surface area contributed by atoms with E-state index in [-0.39, 0.29) is 16.0 Å². The molecule has 1 aromatic rings. The molecule has 23 heavy (non-hydrogen) atoms. The molecule has 1 N–H and O–H groups in total. The number of nitrogens with one attached hydrogen (secondary N) is 1. The monoisotopic (exact) mass is 341 g/mol. The van der Waals surface area contributed by atoms with Gasteiger partial charge in [-0.1, -0.05) is 13.0 Å². The van der Waals surface area contributed by atoms with Crippen molar-refractivity contribution in [3.05, 3.63) is 29.3 Å². The average molecular weight is 341 g/mol. The van der Waals surface area contributed by atoms with E-state index in [1.54, 1.807) is 6.92 Å². The van der Waals surface area contributed by atoms with Gasteiger partial charge >= 0.3 is 5.97 Å². The molecule has 0 aromatic heterocycles. The topological polar surface area (TPSA) is 89.5 Å². The molecule has 0 atom stereocenters. The molecule has 0 saturated heterocycles. The van der Waals surface area contributed by atoms with Gasteiger partial charge in [-0.2, -0.15) is 0 Å². The van der Waals surface area contributed by atoms with Gasteiger partial charge in [0.05, 0.1) is 10.5 Å². The lowest BCUT2D eigenvalue weighted by Crippen LogP contribution is -2.44. The highest BCUT2D eigenvalue weighted by Crippen LogP contribution is 2.16. The Hall–Kier alpha value is -1.89. The summed E-state index contributed by atoms with van der Waals surface area (Å²) >= 11 is 0. The Labute approximate surface area is 137 Å². The molecule has 0 saturated carbocycles. The van der Waals surface area contributed by atoms with Crippen molar-refractivity contribution < 1.29 is 22.7 Å². The predicted octanol–water partition coefficient (Wildman–Crippen LogP) is 1.86. The third-order valence-corrected chi connectivity index (χ3v) is 4.66. The predicted molar refractivity (Wildman–Crippen MR) is 87.1 cm³/mol. The van der Waals surface area contributed by atoms with Crippen LogP contribution in [0.25, 0.3) is 0 Å². The number of rotatable bonds is 6. The van der Waals surface area contributed by atoms with Gasteiger partial charge in [-0.25, -0.2) is 13.2 Å². The first-order valence-corrected chi connectivity index (χ1v) is 9.14. The van der Waals surface area contributed by atoms with E-state index in [4.69, 9.17) is 4.74 Å². The van der Waals surface area contributed by atoms with Crippen LogP contribution in [0.2, 0.25) is 0 Å². The molecular weight excluding hydrogens is 318 g/mol. The van der Waals surface area contributed by atoms with Crippen LogP contribution >= 0.6 is 0 Å². The lowest BCUT2D eigenvalue weighted by molar-refractivity contribution is -0.125. The Morgan fingerprint density at radius 2 is 1.87 bits per heavy atom. The van der Waals surface area contributed by atoms with E-state index < -0.39 is 28.3 Å². The van der Waals surface area contributed by atoms with Crippen molar-refractivity contribution in [2.75, 3.05) is 12.9 Å². The minimum atomic E-state index is -3.42. The summed E-state index contributed by atoms with van der Waals surface area (Å²) in [7, 11) is -3.42. The first-order chi connectivity index (χ1) is 10.5. The van der Waals surface area contributed by atoms with Gasteiger partial charge in [-0.15, -0.1) is 0 Å². The Kier molecular flexibility index (Phi) is 5.93. The zero-order chi connectivity index (χ0) is 17.8. The molecule has 1 amide bonds. The Bertz CT molecular complexity index is 707. The number of ether oxygens (including phenoxy) is 1. The van der Waals surface area contributed by atoms with Crippen LogP contribution in [-0.4, -0.2) is 38.7 Å². The normalized spacial score (nSPS) is 11.9. The molecule has 7 heteroatoms. The van der Waals surface area contributed by atoms with E-state index in [0.717, 1.165) is 12.7 Å². The van der Waals surface area contributed by atoms with Crippen LogP contribution in [-0.2, 0) is 19.4 Å². The molecule has 0 aliphatic heterocycles. The summed E-state index contributed by atoms with van der Waals surface area (Å²) in [5, 5.41) is 2.75. The maximum Gasteiger partial charge on any atom is 0.338 e. The van der Waals surface area contributed by atoms with E-state index in [1.165, 1.54) is 18.2 Å². The number of carbonyl (C=O) groups excluding carboxylic acids is 2. The summed E-state index contributed by atoms with van der Waals surface area (Å²) in [6.45, 7) is 6.93. The lowest BCUT2D eigenvalue weighted by atomic mass is 10.0. The molecule has 0 aliphatic carbocycles. The van der Waals surface area contributed by atoms with Gasteiger partial charge in [-0.3, -0.25) is 4.79 Å². The summed E-state index contributed by atoms with van der Waals surface area (Å²) in [6.07, 6.45) is 1.80. The summed E-state index contributed by atoms with van der Waals surface area (Å²) in [4.78, 5) is 23.9. The molecule has 0 spiro atoms. The van der Waals surface area contributed by atoms with Gasteiger partial charge in [0.1, 0.15) is 0 Å². The molecule has 0 aliphatic rings. The van der Waals surface area contributed by atoms with Crippen LogP contribution in [0.1, 0.15) is 43.1 Å². The molecule has 128 valence electrons. The zero-order valence-electron chi connectivity index (χ0n) is 14.1. The molecule has 0 bridgehead atoms. The number of aryl methyl sites for hydroxylation is 1. The van der Waals surface area contributed by atoms with Gasteiger partial charge in [0.2, 0.25) is 0 Å². The maximum absolute atomic E-state index is 12.1. The van der Waals surface area contributed by atoms with Crippen molar-refractivity contribution in [1.29, 1.82) is 0 Å². The number of carbonyl (C=O) groups is 2. The number of hydrogen-bond donors (Lipinski definition) is 1. The minimum Gasteiger partial charge on any atom is -0.452 e. The van der Waals surface area contributed by atoms with E-state index in [1.807, 2.05) is 20.8 Å². The molecule has 0 fully saturated rings. The molecule has 0 radical (unpaired) electrons. The van der Waals surface area contributed by atoms with Crippen molar-refractivity contribution in [3.8, 4) is 0 Å². The largest absolute Gasteiger partial charge is 0.452 e. The van der Waals surface area contributed by atoms with Crippen LogP contribution in [0, 0.1) is 6.92 Å². The second-order valence-electron chi connectivity index (χ2n) is 6.11. The number of esters is 1. The van der Waals surface area contributed by atoms with Crippen molar-refractivity contribution in [2.24, 2.45) is 0 Å². The van der Waals surface area contributed by atoms with E-state index in [0.29, 0.717) is 5.56 Å². The first-order valence-electron chi connectivity index (χ1n) is 7.25. The maximum atomic E-state index is 12.1. The minimum absolute atomic E-state index is 0.0339.